The maximum Gasteiger partial charge on any atom is 0.312 e. The highest BCUT2D eigenvalue weighted by Crippen LogP contribution is 2.59. The Hall–Kier alpha value is -1.67. The Morgan fingerprint density at radius 2 is 2.07 bits per heavy atom. The Bertz CT molecular complexity index is 656. The lowest BCUT2D eigenvalue weighted by Gasteiger charge is -2.38. The monoisotopic (exact) mass is 396 g/mol. The highest BCUT2D eigenvalue weighted by Gasteiger charge is 2.75. The molecular formula is C20H32N2O6. The number of ether oxygens (including phenoxy) is 2. The molecule has 0 aliphatic carbocycles. The van der Waals surface area contributed by atoms with E-state index >= 15 is 0 Å². The average Bonchev–Trinajstić information content (AvgIpc) is 3.23. The number of esters is 1. The van der Waals surface area contributed by atoms with E-state index in [1.807, 2.05) is 27.7 Å². The number of nitrogens with zero attached hydrogens (tertiary/aromatic N) is 1. The standard InChI is InChI=1S/C20H32N2O6/c1-6-11(10-23)22-15(16(24)21-19(3,4)5)20-9-8-12(28-20)13(14(20)17(22)25)18(26)27-7-2/h11-15,23H,6-10H2,1-5H3,(H,21,24)/t11-,12+,13-,14-,15?,20?/m0/s1. The van der Waals surface area contributed by atoms with Gasteiger partial charge in [0.15, 0.2) is 0 Å². The van der Waals surface area contributed by atoms with Crippen LogP contribution in [0.5, 0.6) is 0 Å². The van der Waals surface area contributed by atoms with Gasteiger partial charge in [-0.1, -0.05) is 6.92 Å². The fourth-order valence-electron chi connectivity index (χ4n) is 5.14. The van der Waals surface area contributed by atoms with E-state index in [0.717, 1.165) is 0 Å². The van der Waals surface area contributed by atoms with Crippen LogP contribution in [0.3, 0.4) is 0 Å². The lowest BCUT2D eigenvalue weighted by Crippen LogP contribution is -2.60. The van der Waals surface area contributed by atoms with Gasteiger partial charge in [-0.05, 0) is 47.0 Å². The molecule has 2 unspecified atom stereocenters. The average molecular weight is 396 g/mol. The number of rotatable bonds is 6. The molecule has 6 atom stereocenters. The van der Waals surface area contributed by atoms with E-state index in [4.69, 9.17) is 9.47 Å². The van der Waals surface area contributed by atoms with Gasteiger partial charge in [0.25, 0.3) is 0 Å². The second-order valence-corrected chi connectivity index (χ2v) is 9.04. The number of hydrogen-bond donors (Lipinski definition) is 2. The fourth-order valence-corrected chi connectivity index (χ4v) is 5.14. The summed E-state index contributed by atoms with van der Waals surface area (Å²) in [4.78, 5) is 40.9. The largest absolute Gasteiger partial charge is 0.466 e. The molecule has 158 valence electrons. The topological polar surface area (TPSA) is 105 Å². The number of hydrogen-bond acceptors (Lipinski definition) is 6. The second kappa shape index (κ2) is 7.30. The zero-order valence-corrected chi connectivity index (χ0v) is 17.4. The molecule has 0 radical (unpaired) electrons. The van der Waals surface area contributed by atoms with Gasteiger partial charge in [-0.15, -0.1) is 0 Å². The molecule has 2 amide bonds. The van der Waals surface area contributed by atoms with Gasteiger partial charge in [0, 0.05) is 5.54 Å². The number of aliphatic hydroxyl groups excluding tert-OH is 1. The van der Waals surface area contributed by atoms with E-state index in [9.17, 15) is 19.5 Å². The maximum absolute atomic E-state index is 13.5. The highest BCUT2D eigenvalue weighted by molar-refractivity contribution is 5.98. The Balaban J connectivity index is 2.04. The molecule has 2 N–H and O–H groups in total. The number of aliphatic hydroxyl groups is 1. The van der Waals surface area contributed by atoms with Gasteiger partial charge in [-0.25, -0.2) is 0 Å². The van der Waals surface area contributed by atoms with E-state index in [1.165, 1.54) is 4.90 Å². The molecule has 3 heterocycles. The number of carbonyl (C=O) groups excluding carboxylic acids is 3. The summed E-state index contributed by atoms with van der Waals surface area (Å²) < 4.78 is 11.5. The lowest BCUT2D eigenvalue weighted by atomic mass is 9.70. The third-order valence-corrected chi connectivity index (χ3v) is 6.12. The summed E-state index contributed by atoms with van der Waals surface area (Å²) in [6.07, 6.45) is 1.23. The first-order chi connectivity index (χ1) is 13.1. The normalized spacial score (nSPS) is 35.1. The van der Waals surface area contributed by atoms with Gasteiger partial charge in [-0.3, -0.25) is 14.4 Å². The third kappa shape index (κ3) is 3.10. The van der Waals surface area contributed by atoms with Crippen molar-refractivity contribution in [3.8, 4) is 0 Å². The van der Waals surface area contributed by atoms with Gasteiger partial charge < -0.3 is 24.8 Å². The Labute approximate surface area is 165 Å². The molecule has 3 fully saturated rings. The summed E-state index contributed by atoms with van der Waals surface area (Å²) in [7, 11) is 0. The highest BCUT2D eigenvalue weighted by atomic mass is 16.6. The van der Waals surface area contributed by atoms with Crippen molar-refractivity contribution < 1.29 is 29.0 Å². The zero-order valence-electron chi connectivity index (χ0n) is 17.4. The third-order valence-electron chi connectivity index (χ3n) is 6.12. The van der Waals surface area contributed by atoms with Crippen molar-refractivity contribution in [1.29, 1.82) is 0 Å². The van der Waals surface area contributed by atoms with Gasteiger partial charge >= 0.3 is 5.97 Å². The van der Waals surface area contributed by atoms with E-state index in [2.05, 4.69) is 5.32 Å². The summed E-state index contributed by atoms with van der Waals surface area (Å²) in [5, 5.41) is 12.8. The lowest BCUT2D eigenvalue weighted by molar-refractivity contribution is -0.155. The van der Waals surface area contributed by atoms with Crippen LogP contribution < -0.4 is 5.32 Å². The van der Waals surface area contributed by atoms with Crippen LogP contribution in [0.25, 0.3) is 0 Å². The van der Waals surface area contributed by atoms with Gasteiger partial charge in [0.05, 0.1) is 37.2 Å². The van der Waals surface area contributed by atoms with Crippen LogP contribution in [-0.2, 0) is 23.9 Å². The van der Waals surface area contributed by atoms with Crippen molar-refractivity contribution in [2.75, 3.05) is 13.2 Å². The molecule has 3 aliphatic rings. The fraction of sp³-hybridized carbons (Fsp3) is 0.850. The predicted molar refractivity (Wildman–Crippen MR) is 100 cm³/mol. The molecule has 3 aliphatic heterocycles. The Morgan fingerprint density at radius 3 is 2.61 bits per heavy atom. The second-order valence-electron chi connectivity index (χ2n) is 9.04. The molecule has 8 nitrogen and oxygen atoms in total. The Kier molecular flexibility index (Phi) is 5.49. The van der Waals surface area contributed by atoms with E-state index in [0.29, 0.717) is 19.3 Å². The molecule has 0 aromatic heterocycles. The molecule has 2 bridgehead atoms. The molecule has 28 heavy (non-hydrogen) atoms. The van der Waals surface area contributed by atoms with Crippen molar-refractivity contribution in [3.63, 3.8) is 0 Å². The van der Waals surface area contributed by atoms with Gasteiger partial charge in [-0.2, -0.15) is 0 Å². The number of carbonyl (C=O) groups is 3. The SMILES string of the molecule is CCOC(=O)[C@@H]1[C@H]2C(=O)N([C@@H](CC)CO)C(C(=O)NC(C)(C)C)C23CC[C@H]1O3. The van der Waals surface area contributed by atoms with Crippen molar-refractivity contribution >= 4 is 17.8 Å². The summed E-state index contributed by atoms with van der Waals surface area (Å²) in [5.74, 6) is -2.49. The van der Waals surface area contributed by atoms with Crippen LogP contribution in [-0.4, -0.2) is 70.3 Å². The molecule has 0 aromatic rings. The zero-order chi connectivity index (χ0) is 20.9. The van der Waals surface area contributed by atoms with Crippen molar-refractivity contribution in [1.82, 2.24) is 10.2 Å². The van der Waals surface area contributed by atoms with Crippen LogP contribution in [0.15, 0.2) is 0 Å². The summed E-state index contributed by atoms with van der Waals surface area (Å²) in [6, 6.07) is -1.38. The van der Waals surface area contributed by atoms with Crippen LogP contribution in [0, 0.1) is 11.8 Å². The minimum atomic E-state index is -1.04. The molecule has 0 aromatic carbocycles. The van der Waals surface area contributed by atoms with Crippen LogP contribution >= 0.6 is 0 Å². The number of nitrogens with one attached hydrogen (secondary N) is 1. The van der Waals surface area contributed by atoms with E-state index in [1.54, 1.807) is 6.92 Å². The van der Waals surface area contributed by atoms with Gasteiger partial charge in [0.2, 0.25) is 11.8 Å². The van der Waals surface area contributed by atoms with Gasteiger partial charge in [0.1, 0.15) is 11.6 Å². The summed E-state index contributed by atoms with van der Waals surface area (Å²) >= 11 is 0. The number of amides is 2. The molecule has 0 saturated carbocycles. The first-order valence-electron chi connectivity index (χ1n) is 10.2. The maximum atomic E-state index is 13.5. The predicted octanol–water partition coefficient (Wildman–Crippen LogP) is 0.610. The smallest absolute Gasteiger partial charge is 0.312 e. The molecule has 3 saturated heterocycles. The summed E-state index contributed by atoms with van der Waals surface area (Å²) in [5.41, 5.74) is -1.53. The van der Waals surface area contributed by atoms with Crippen LogP contribution in [0.4, 0.5) is 0 Å². The molecule has 8 heteroatoms. The van der Waals surface area contributed by atoms with Crippen molar-refractivity contribution in [3.05, 3.63) is 0 Å². The first kappa shape index (κ1) is 21.0. The van der Waals surface area contributed by atoms with Crippen LogP contribution in [0.2, 0.25) is 0 Å². The van der Waals surface area contributed by atoms with E-state index < -0.39 is 47.1 Å². The Morgan fingerprint density at radius 1 is 1.39 bits per heavy atom. The number of fused-ring (bicyclic) bond motifs is 1. The first-order valence-corrected chi connectivity index (χ1v) is 10.2. The molecule has 1 spiro atoms. The summed E-state index contributed by atoms with van der Waals surface area (Å²) in [6.45, 7) is 9.18. The van der Waals surface area contributed by atoms with Crippen molar-refractivity contribution in [2.24, 2.45) is 11.8 Å². The minimum absolute atomic E-state index is 0.224. The van der Waals surface area contributed by atoms with Crippen molar-refractivity contribution in [2.45, 2.75) is 83.2 Å². The minimum Gasteiger partial charge on any atom is -0.466 e. The molecular weight excluding hydrogens is 364 g/mol. The number of likely N-dealkylation sites (tertiary alicyclic amines) is 1. The quantitative estimate of drug-likeness (QED) is 0.638. The van der Waals surface area contributed by atoms with E-state index in [-0.39, 0.29) is 25.0 Å². The van der Waals surface area contributed by atoms with Crippen LogP contribution in [0.1, 0.15) is 53.9 Å². The molecule has 3 rings (SSSR count).